The number of allylic oxidation sites excluding steroid dienone is 3. The van der Waals surface area contributed by atoms with Crippen molar-refractivity contribution in [3.05, 3.63) is 58.2 Å². The molecule has 0 amide bonds. The van der Waals surface area contributed by atoms with E-state index >= 15 is 0 Å². The minimum Gasteiger partial charge on any atom is -0.507 e. The van der Waals surface area contributed by atoms with Crippen molar-refractivity contribution in [1.29, 1.82) is 0 Å². The molecule has 0 radical (unpaired) electrons. The van der Waals surface area contributed by atoms with Crippen molar-refractivity contribution < 1.29 is 20.1 Å². The van der Waals surface area contributed by atoms with Crippen molar-refractivity contribution in [3.63, 3.8) is 0 Å². The maximum Gasteiger partial charge on any atom is 0.122 e. The molecule has 4 heteroatoms. The molecule has 1 rings (SSSR count). The van der Waals surface area contributed by atoms with E-state index in [9.17, 15) is 15.3 Å². The summed E-state index contributed by atoms with van der Waals surface area (Å²) in [4.78, 5) is 0. The molecular formula is C28H44O4. The van der Waals surface area contributed by atoms with Crippen LogP contribution in [-0.4, -0.2) is 34.6 Å². The van der Waals surface area contributed by atoms with Gasteiger partial charge in [0.05, 0.1) is 19.3 Å². The zero-order chi connectivity index (χ0) is 24.3. The molecule has 180 valence electrons. The van der Waals surface area contributed by atoms with Crippen molar-refractivity contribution in [3.8, 4) is 11.5 Å². The molecule has 3 N–H and O–H groups in total. The first-order valence-corrected chi connectivity index (χ1v) is 11.8. The SMILES string of the molecule is COc1cc(C)c(O)c(C/C=C(\C)CC(O)/C=C(\C)CC/C=C(\C)C(O)CCC(C)C)c1. The molecule has 0 aliphatic rings. The van der Waals surface area contributed by atoms with E-state index in [0.717, 1.165) is 59.3 Å². The molecule has 0 aliphatic heterocycles. The summed E-state index contributed by atoms with van der Waals surface area (Å²) in [5.74, 6) is 1.63. The van der Waals surface area contributed by atoms with E-state index in [4.69, 9.17) is 4.74 Å². The Morgan fingerprint density at radius 3 is 2.34 bits per heavy atom. The van der Waals surface area contributed by atoms with Gasteiger partial charge in [-0.05, 0) is 95.4 Å². The molecule has 0 spiro atoms. The lowest BCUT2D eigenvalue weighted by molar-refractivity contribution is 0.191. The van der Waals surface area contributed by atoms with Crippen LogP contribution in [0, 0.1) is 12.8 Å². The van der Waals surface area contributed by atoms with Crippen LogP contribution in [0.2, 0.25) is 0 Å². The molecule has 4 nitrogen and oxygen atoms in total. The van der Waals surface area contributed by atoms with Crippen LogP contribution >= 0.6 is 0 Å². The van der Waals surface area contributed by atoms with Crippen LogP contribution in [-0.2, 0) is 6.42 Å². The van der Waals surface area contributed by atoms with E-state index in [0.29, 0.717) is 24.5 Å². The van der Waals surface area contributed by atoms with Gasteiger partial charge in [-0.2, -0.15) is 0 Å². The average molecular weight is 445 g/mol. The molecular weight excluding hydrogens is 400 g/mol. The number of phenolic OH excluding ortho intramolecular Hbond substituents is 1. The molecule has 0 heterocycles. The lowest BCUT2D eigenvalue weighted by Crippen LogP contribution is -2.09. The largest absolute Gasteiger partial charge is 0.507 e. The smallest absolute Gasteiger partial charge is 0.122 e. The minimum atomic E-state index is -0.534. The molecule has 2 atom stereocenters. The molecule has 1 aromatic rings. The number of rotatable bonds is 13. The summed E-state index contributed by atoms with van der Waals surface area (Å²) in [5.41, 5.74) is 4.87. The predicted octanol–water partition coefficient (Wildman–Crippen LogP) is 6.42. The van der Waals surface area contributed by atoms with Gasteiger partial charge in [0.15, 0.2) is 0 Å². The van der Waals surface area contributed by atoms with Gasteiger partial charge in [0, 0.05) is 5.56 Å². The van der Waals surface area contributed by atoms with Crippen molar-refractivity contribution >= 4 is 0 Å². The summed E-state index contributed by atoms with van der Waals surface area (Å²) in [7, 11) is 1.62. The number of aliphatic hydroxyl groups excluding tert-OH is 2. The van der Waals surface area contributed by atoms with Crippen LogP contribution in [0.4, 0.5) is 0 Å². The fourth-order valence-electron chi connectivity index (χ4n) is 3.64. The van der Waals surface area contributed by atoms with Gasteiger partial charge in [0.25, 0.3) is 0 Å². The van der Waals surface area contributed by atoms with Crippen molar-refractivity contribution in [1.82, 2.24) is 0 Å². The normalized spacial score (nSPS) is 15.2. The number of hydrogen-bond acceptors (Lipinski definition) is 4. The van der Waals surface area contributed by atoms with Crippen LogP contribution in [0.3, 0.4) is 0 Å². The topological polar surface area (TPSA) is 69.9 Å². The highest BCUT2D eigenvalue weighted by Crippen LogP contribution is 2.28. The Labute approximate surface area is 195 Å². The Kier molecular flexibility index (Phi) is 12.4. The Morgan fingerprint density at radius 1 is 1.03 bits per heavy atom. The van der Waals surface area contributed by atoms with E-state index in [1.807, 2.05) is 52.0 Å². The second kappa shape index (κ2) is 14.2. The summed E-state index contributed by atoms with van der Waals surface area (Å²) in [6.07, 6.45) is 9.91. The molecule has 1 aromatic carbocycles. The van der Waals surface area contributed by atoms with E-state index < -0.39 is 6.10 Å². The second-order valence-electron chi connectivity index (χ2n) is 9.46. The molecule has 2 unspecified atom stereocenters. The average Bonchev–Trinajstić information content (AvgIpc) is 2.72. The van der Waals surface area contributed by atoms with Crippen LogP contribution in [0.25, 0.3) is 0 Å². The summed E-state index contributed by atoms with van der Waals surface area (Å²) in [6.45, 7) is 12.2. The Bertz CT molecular complexity index is 802. The highest BCUT2D eigenvalue weighted by Gasteiger charge is 2.09. The number of methoxy groups -OCH3 is 1. The first-order valence-electron chi connectivity index (χ1n) is 11.8. The van der Waals surface area contributed by atoms with E-state index in [1.165, 1.54) is 0 Å². The van der Waals surface area contributed by atoms with Gasteiger partial charge in [0.1, 0.15) is 11.5 Å². The van der Waals surface area contributed by atoms with E-state index in [2.05, 4.69) is 19.9 Å². The van der Waals surface area contributed by atoms with Gasteiger partial charge in [-0.15, -0.1) is 0 Å². The number of benzene rings is 1. The molecule has 0 aromatic heterocycles. The first-order chi connectivity index (χ1) is 15.0. The zero-order valence-electron chi connectivity index (χ0n) is 21.1. The number of aromatic hydroxyl groups is 1. The van der Waals surface area contributed by atoms with Crippen molar-refractivity contribution in [2.24, 2.45) is 5.92 Å². The quantitative estimate of drug-likeness (QED) is 0.307. The standard InChI is InChI=1S/C28H44O4/c1-19(2)11-14-27(30)22(5)10-8-9-20(3)15-25(29)16-21(4)12-13-24-18-26(32-7)17-23(6)28(24)31/h10,12,15,17-19,25,27,29-31H,8-9,11,13-14,16H2,1-7H3/b20-15+,21-12+,22-10+. The maximum atomic E-state index is 10.4. The summed E-state index contributed by atoms with van der Waals surface area (Å²) in [6, 6.07) is 3.66. The predicted molar refractivity (Wildman–Crippen MR) is 134 cm³/mol. The van der Waals surface area contributed by atoms with Crippen molar-refractivity contribution in [2.75, 3.05) is 7.11 Å². The number of phenols is 1. The first kappa shape index (κ1) is 28.0. The van der Waals surface area contributed by atoms with Crippen LogP contribution in [0.15, 0.2) is 47.1 Å². The molecule has 0 bridgehead atoms. The van der Waals surface area contributed by atoms with Gasteiger partial charge in [0.2, 0.25) is 0 Å². The number of aryl methyl sites for hydroxylation is 1. The number of ether oxygens (including phenoxy) is 1. The van der Waals surface area contributed by atoms with E-state index in [-0.39, 0.29) is 6.10 Å². The Morgan fingerprint density at radius 2 is 1.72 bits per heavy atom. The monoisotopic (exact) mass is 444 g/mol. The van der Waals surface area contributed by atoms with Crippen molar-refractivity contribution in [2.45, 2.75) is 92.3 Å². The van der Waals surface area contributed by atoms with Crippen LogP contribution in [0.5, 0.6) is 11.5 Å². The zero-order valence-corrected chi connectivity index (χ0v) is 21.1. The minimum absolute atomic E-state index is 0.295. The van der Waals surface area contributed by atoms with Crippen LogP contribution < -0.4 is 4.74 Å². The molecule has 0 saturated heterocycles. The van der Waals surface area contributed by atoms with E-state index in [1.54, 1.807) is 7.11 Å². The van der Waals surface area contributed by atoms with Gasteiger partial charge in [-0.1, -0.05) is 43.2 Å². The molecule has 0 saturated carbocycles. The van der Waals surface area contributed by atoms with Gasteiger partial charge in [-0.25, -0.2) is 0 Å². The number of aliphatic hydroxyl groups is 2. The Balaban J connectivity index is 2.56. The summed E-state index contributed by atoms with van der Waals surface area (Å²) >= 11 is 0. The molecule has 0 aliphatic carbocycles. The highest BCUT2D eigenvalue weighted by atomic mass is 16.5. The fourth-order valence-corrected chi connectivity index (χ4v) is 3.64. The summed E-state index contributed by atoms with van der Waals surface area (Å²) in [5, 5.41) is 30.9. The maximum absolute atomic E-state index is 10.4. The third kappa shape index (κ3) is 10.5. The molecule has 0 fully saturated rings. The number of hydrogen-bond donors (Lipinski definition) is 3. The highest BCUT2D eigenvalue weighted by molar-refractivity contribution is 5.46. The molecule has 32 heavy (non-hydrogen) atoms. The third-order valence-corrected chi connectivity index (χ3v) is 5.82. The lowest BCUT2D eigenvalue weighted by atomic mass is 9.99. The van der Waals surface area contributed by atoms with Gasteiger partial charge in [-0.3, -0.25) is 0 Å². The van der Waals surface area contributed by atoms with Crippen LogP contribution in [0.1, 0.15) is 77.8 Å². The fraction of sp³-hybridized carbons (Fsp3) is 0.571. The third-order valence-electron chi connectivity index (χ3n) is 5.82. The lowest BCUT2D eigenvalue weighted by Gasteiger charge is -2.13. The van der Waals surface area contributed by atoms with Gasteiger partial charge < -0.3 is 20.1 Å². The second-order valence-corrected chi connectivity index (χ2v) is 9.46. The Hall–Kier alpha value is -2.04. The summed E-state index contributed by atoms with van der Waals surface area (Å²) < 4.78 is 5.29. The van der Waals surface area contributed by atoms with Gasteiger partial charge >= 0.3 is 0 Å².